The third-order valence-electron chi connectivity index (χ3n) is 3.47. The summed E-state index contributed by atoms with van der Waals surface area (Å²) in [7, 11) is 0. The fourth-order valence-electron chi connectivity index (χ4n) is 2.26. The van der Waals surface area contributed by atoms with Crippen molar-refractivity contribution in [1.29, 1.82) is 0 Å². The van der Waals surface area contributed by atoms with E-state index in [0.717, 1.165) is 10.9 Å². The molecule has 0 spiro atoms. The molecule has 2 aromatic carbocycles. The first-order valence-corrected chi connectivity index (χ1v) is 7.57. The molecule has 1 N–H and O–H groups in total. The van der Waals surface area contributed by atoms with Gasteiger partial charge in [-0.1, -0.05) is 41.9 Å². The summed E-state index contributed by atoms with van der Waals surface area (Å²) in [5, 5.41) is 4.07. The number of hydrogen-bond donors (Lipinski definition) is 1. The minimum atomic E-state index is -0.669. The molecule has 0 aliphatic heterocycles. The zero-order valence-corrected chi connectivity index (χ0v) is 13.0. The first-order chi connectivity index (χ1) is 11.1. The third kappa shape index (κ3) is 3.60. The van der Waals surface area contributed by atoms with Crippen LogP contribution in [0.2, 0.25) is 5.02 Å². The number of fused-ring (bicyclic) bond motifs is 1. The normalized spacial score (nSPS) is 10.7. The second-order valence-electron chi connectivity index (χ2n) is 5.11. The maximum Gasteiger partial charge on any atom is 0.295 e. The van der Waals surface area contributed by atoms with Gasteiger partial charge in [0.2, 0.25) is 0 Å². The van der Waals surface area contributed by atoms with E-state index in [2.05, 4.69) is 5.32 Å². The lowest BCUT2D eigenvalue weighted by Gasteiger charge is -2.03. The van der Waals surface area contributed by atoms with E-state index in [4.69, 9.17) is 16.0 Å². The molecule has 4 nitrogen and oxygen atoms in total. The van der Waals surface area contributed by atoms with E-state index in [9.17, 15) is 9.59 Å². The van der Waals surface area contributed by atoms with Crippen molar-refractivity contribution in [3.05, 3.63) is 70.9 Å². The highest BCUT2D eigenvalue weighted by molar-refractivity contribution is 6.42. The summed E-state index contributed by atoms with van der Waals surface area (Å²) in [6.45, 7) is 0.367. The molecular weight excluding hydrogens is 314 g/mol. The van der Waals surface area contributed by atoms with Crippen molar-refractivity contribution in [3.8, 4) is 0 Å². The van der Waals surface area contributed by atoms with Crippen LogP contribution in [0.3, 0.4) is 0 Å². The number of nitrogens with one attached hydrogen (secondary N) is 1. The van der Waals surface area contributed by atoms with Crippen LogP contribution in [0, 0.1) is 0 Å². The van der Waals surface area contributed by atoms with Gasteiger partial charge in [-0.25, -0.2) is 0 Å². The van der Waals surface area contributed by atoms with Crippen LogP contribution in [0.15, 0.2) is 59.0 Å². The summed E-state index contributed by atoms with van der Waals surface area (Å²) >= 11 is 5.81. The van der Waals surface area contributed by atoms with Crippen LogP contribution in [0.4, 0.5) is 0 Å². The Labute approximate surface area is 138 Å². The zero-order valence-electron chi connectivity index (χ0n) is 12.2. The summed E-state index contributed by atoms with van der Waals surface area (Å²) in [6.07, 6.45) is 0.621. The lowest BCUT2D eigenvalue weighted by Crippen LogP contribution is -2.32. The maximum atomic E-state index is 12.1. The maximum absolute atomic E-state index is 12.1. The number of ketones is 1. The number of furan rings is 1. The number of benzene rings is 2. The topological polar surface area (TPSA) is 59.3 Å². The molecule has 0 saturated carbocycles. The Morgan fingerprint density at radius 3 is 2.52 bits per heavy atom. The SMILES string of the molecule is O=C(NCCc1ccc(Cl)cc1)C(=O)c1cc2ccccc2o1. The molecule has 1 heterocycles. The standard InChI is InChI=1S/C18H14ClNO3/c19-14-7-5-12(6-8-14)9-10-20-18(22)17(21)16-11-13-3-1-2-4-15(13)23-16/h1-8,11H,9-10H2,(H,20,22). The van der Waals surface area contributed by atoms with Crippen LogP contribution in [-0.2, 0) is 11.2 Å². The van der Waals surface area contributed by atoms with Gasteiger partial charge < -0.3 is 9.73 Å². The van der Waals surface area contributed by atoms with Crippen LogP contribution in [0.5, 0.6) is 0 Å². The van der Waals surface area contributed by atoms with Crippen LogP contribution in [0.25, 0.3) is 11.0 Å². The van der Waals surface area contributed by atoms with E-state index in [-0.39, 0.29) is 5.76 Å². The molecule has 3 aromatic rings. The van der Waals surface area contributed by atoms with Crippen molar-refractivity contribution in [1.82, 2.24) is 5.32 Å². The predicted molar refractivity (Wildman–Crippen MR) is 88.7 cm³/mol. The molecule has 0 unspecified atom stereocenters. The van der Waals surface area contributed by atoms with Crippen molar-refractivity contribution in [3.63, 3.8) is 0 Å². The molecule has 5 heteroatoms. The minimum absolute atomic E-state index is 0.0511. The second kappa shape index (κ2) is 6.67. The summed E-state index contributed by atoms with van der Waals surface area (Å²) < 4.78 is 5.40. The Morgan fingerprint density at radius 2 is 1.78 bits per heavy atom. The molecule has 0 atom stereocenters. The van der Waals surface area contributed by atoms with Crippen molar-refractivity contribution < 1.29 is 14.0 Å². The Kier molecular flexibility index (Phi) is 4.44. The molecule has 1 aromatic heterocycles. The van der Waals surface area contributed by atoms with Crippen molar-refractivity contribution in [2.24, 2.45) is 0 Å². The molecule has 0 bridgehead atoms. The highest BCUT2D eigenvalue weighted by Gasteiger charge is 2.20. The third-order valence-corrected chi connectivity index (χ3v) is 3.72. The summed E-state index contributed by atoms with van der Waals surface area (Å²) in [4.78, 5) is 24.0. The summed E-state index contributed by atoms with van der Waals surface area (Å²) in [5.74, 6) is -1.29. The number of halogens is 1. The van der Waals surface area contributed by atoms with Crippen LogP contribution in [-0.4, -0.2) is 18.2 Å². The van der Waals surface area contributed by atoms with E-state index >= 15 is 0 Å². The fraction of sp³-hybridized carbons (Fsp3) is 0.111. The largest absolute Gasteiger partial charge is 0.452 e. The first-order valence-electron chi connectivity index (χ1n) is 7.19. The molecule has 0 aliphatic rings. The van der Waals surface area contributed by atoms with Crippen molar-refractivity contribution >= 4 is 34.3 Å². The number of para-hydroxylation sites is 1. The molecule has 0 aliphatic carbocycles. The number of Topliss-reactive ketones (excluding diaryl/α,β-unsaturated/α-hetero) is 1. The lowest BCUT2D eigenvalue weighted by molar-refractivity contribution is -0.117. The number of rotatable bonds is 5. The Bertz CT molecular complexity index is 819. The monoisotopic (exact) mass is 327 g/mol. The predicted octanol–water partition coefficient (Wildman–Crippen LogP) is 3.63. The summed E-state index contributed by atoms with van der Waals surface area (Å²) in [5.41, 5.74) is 1.62. The molecular formula is C18H14ClNO3. The van der Waals surface area contributed by atoms with Gasteiger partial charge in [0, 0.05) is 17.0 Å². The van der Waals surface area contributed by atoms with Crippen LogP contribution in [0.1, 0.15) is 16.1 Å². The molecule has 3 rings (SSSR count). The average molecular weight is 328 g/mol. The first kappa shape index (κ1) is 15.3. The second-order valence-corrected chi connectivity index (χ2v) is 5.55. The Hall–Kier alpha value is -2.59. The highest BCUT2D eigenvalue weighted by atomic mass is 35.5. The van der Waals surface area contributed by atoms with Crippen molar-refractivity contribution in [2.75, 3.05) is 6.54 Å². The average Bonchev–Trinajstić information content (AvgIpc) is 3.00. The Balaban J connectivity index is 1.59. The number of hydrogen-bond acceptors (Lipinski definition) is 3. The van der Waals surface area contributed by atoms with E-state index in [1.165, 1.54) is 0 Å². The van der Waals surface area contributed by atoms with Crippen LogP contribution < -0.4 is 5.32 Å². The fourth-order valence-corrected chi connectivity index (χ4v) is 2.38. The highest BCUT2D eigenvalue weighted by Crippen LogP contribution is 2.19. The van der Waals surface area contributed by atoms with E-state index in [0.29, 0.717) is 23.6 Å². The molecule has 116 valence electrons. The number of carbonyl (C=O) groups excluding carboxylic acids is 2. The van der Waals surface area contributed by atoms with Gasteiger partial charge in [0.25, 0.3) is 11.7 Å². The van der Waals surface area contributed by atoms with Gasteiger partial charge in [-0.05, 0) is 36.2 Å². The van der Waals surface area contributed by atoms with Crippen LogP contribution >= 0.6 is 11.6 Å². The Morgan fingerprint density at radius 1 is 1.04 bits per heavy atom. The van der Waals surface area contributed by atoms with Gasteiger partial charge in [-0.3, -0.25) is 9.59 Å². The van der Waals surface area contributed by atoms with Gasteiger partial charge >= 0.3 is 0 Å². The van der Waals surface area contributed by atoms with E-state index < -0.39 is 11.7 Å². The summed E-state index contributed by atoms with van der Waals surface area (Å²) in [6, 6.07) is 16.2. The minimum Gasteiger partial charge on any atom is -0.452 e. The molecule has 23 heavy (non-hydrogen) atoms. The van der Waals surface area contributed by atoms with E-state index in [1.807, 2.05) is 30.3 Å². The molecule has 0 fully saturated rings. The van der Waals surface area contributed by atoms with Gasteiger partial charge in [0.1, 0.15) is 5.58 Å². The number of carbonyl (C=O) groups is 2. The quantitative estimate of drug-likeness (QED) is 0.575. The number of amides is 1. The van der Waals surface area contributed by atoms with Gasteiger partial charge in [0.15, 0.2) is 5.76 Å². The van der Waals surface area contributed by atoms with E-state index in [1.54, 1.807) is 24.3 Å². The van der Waals surface area contributed by atoms with Gasteiger partial charge in [-0.15, -0.1) is 0 Å². The smallest absolute Gasteiger partial charge is 0.295 e. The lowest BCUT2D eigenvalue weighted by atomic mass is 10.1. The van der Waals surface area contributed by atoms with Gasteiger partial charge in [-0.2, -0.15) is 0 Å². The van der Waals surface area contributed by atoms with Gasteiger partial charge in [0.05, 0.1) is 0 Å². The van der Waals surface area contributed by atoms with Crippen molar-refractivity contribution in [2.45, 2.75) is 6.42 Å². The molecule has 0 radical (unpaired) electrons. The molecule has 1 amide bonds. The zero-order chi connectivity index (χ0) is 16.2. The molecule has 0 saturated heterocycles.